The minimum absolute atomic E-state index is 0.0959. The second-order valence-electron chi connectivity index (χ2n) is 13.8. The molecule has 0 bridgehead atoms. The molecule has 0 unspecified atom stereocenters. The molecule has 0 saturated carbocycles. The van der Waals surface area contributed by atoms with Crippen molar-refractivity contribution in [2.45, 2.75) is 70.4 Å². The largest absolute Gasteiger partial charge is 0.492 e. The van der Waals surface area contributed by atoms with E-state index in [4.69, 9.17) is 9.47 Å². The molecule has 6 rings (SSSR count). The van der Waals surface area contributed by atoms with Gasteiger partial charge in [-0.05, 0) is 84.9 Å². The molecular weight excluding hydrogens is 687 g/mol. The molecule has 3 aromatic carbocycles. The summed E-state index contributed by atoms with van der Waals surface area (Å²) in [6.07, 6.45) is 4.75. The standard InChI is InChI=1S/C37H47N7O5S2/c1-7-51(46,47)42-30-22-24(37(2,3)4)21-29(34(30)48-5)39-36(45)38-28-15-16-31(26-13-10-12-25(26)28)49-20-19-43-17-18-44-33(23-43)40-41-35(44)27-11-8-9-14-32(27)50-6/h8-9,11,14-16,21-22,42H,7,10,12-13,17-20,23H2,1-6H3,(H2,38,39,45). The van der Waals surface area contributed by atoms with E-state index in [9.17, 15) is 13.2 Å². The summed E-state index contributed by atoms with van der Waals surface area (Å²) in [6, 6.07) is 15.3. The maximum atomic E-state index is 13.4. The highest BCUT2D eigenvalue weighted by Crippen LogP contribution is 2.40. The molecule has 1 aliphatic heterocycles. The Morgan fingerprint density at radius 2 is 1.73 bits per heavy atom. The molecule has 2 amide bonds. The van der Waals surface area contributed by atoms with Crippen LogP contribution in [0.15, 0.2) is 53.4 Å². The predicted octanol–water partition coefficient (Wildman–Crippen LogP) is 6.76. The maximum Gasteiger partial charge on any atom is 0.323 e. The molecule has 4 aromatic rings. The molecule has 2 heterocycles. The first-order valence-electron chi connectivity index (χ1n) is 17.3. The van der Waals surface area contributed by atoms with Crippen molar-refractivity contribution in [1.29, 1.82) is 0 Å². The van der Waals surface area contributed by atoms with Gasteiger partial charge in [-0.15, -0.1) is 22.0 Å². The van der Waals surface area contributed by atoms with Crippen LogP contribution in [-0.4, -0.2) is 72.9 Å². The molecule has 0 fully saturated rings. The second-order valence-corrected chi connectivity index (χ2v) is 16.6. The Labute approximate surface area is 304 Å². The summed E-state index contributed by atoms with van der Waals surface area (Å²) in [5.74, 6) is 2.87. The molecule has 3 N–H and O–H groups in total. The van der Waals surface area contributed by atoms with Gasteiger partial charge < -0.3 is 24.7 Å². The van der Waals surface area contributed by atoms with Gasteiger partial charge in [-0.3, -0.25) is 9.62 Å². The van der Waals surface area contributed by atoms with Gasteiger partial charge in [0.25, 0.3) is 0 Å². The van der Waals surface area contributed by atoms with Crippen LogP contribution >= 0.6 is 11.8 Å². The van der Waals surface area contributed by atoms with Crippen LogP contribution in [0.25, 0.3) is 11.4 Å². The molecule has 272 valence electrons. The molecule has 0 spiro atoms. The number of benzene rings is 3. The van der Waals surface area contributed by atoms with Crippen LogP contribution in [-0.2, 0) is 41.4 Å². The number of ether oxygens (including phenoxy) is 2. The number of hydrogen-bond donors (Lipinski definition) is 3. The fourth-order valence-corrected chi connectivity index (χ4v) is 7.83. The Hall–Kier alpha value is -4.27. The number of amides is 2. The molecule has 12 nitrogen and oxygen atoms in total. The number of carbonyl (C=O) groups excluding carboxylic acids is 1. The lowest BCUT2D eigenvalue weighted by molar-refractivity contribution is 0.174. The van der Waals surface area contributed by atoms with E-state index in [1.165, 1.54) is 12.0 Å². The Kier molecular flexibility index (Phi) is 10.8. The van der Waals surface area contributed by atoms with Crippen LogP contribution < -0.4 is 24.8 Å². The number of rotatable bonds is 12. The molecule has 1 aliphatic carbocycles. The summed E-state index contributed by atoms with van der Waals surface area (Å²) < 4.78 is 41.7. The number of carbonyl (C=O) groups is 1. The number of aromatic nitrogens is 3. The van der Waals surface area contributed by atoms with Gasteiger partial charge in [-0.1, -0.05) is 39.0 Å². The molecule has 0 saturated heterocycles. The van der Waals surface area contributed by atoms with Gasteiger partial charge >= 0.3 is 6.03 Å². The van der Waals surface area contributed by atoms with E-state index in [1.807, 2.05) is 51.1 Å². The smallest absolute Gasteiger partial charge is 0.323 e. The van der Waals surface area contributed by atoms with Crippen molar-refractivity contribution >= 4 is 44.9 Å². The lowest BCUT2D eigenvalue weighted by Crippen LogP contribution is -2.36. The van der Waals surface area contributed by atoms with Gasteiger partial charge in [-0.25, -0.2) is 13.2 Å². The van der Waals surface area contributed by atoms with Crippen molar-refractivity contribution in [1.82, 2.24) is 19.7 Å². The predicted molar refractivity (Wildman–Crippen MR) is 204 cm³/mol. The SMILES string of the molecule is CCS(=O)(=O)Nc1cc(C(C)(C)C)cc(NC(=O)Nc2ccc(OCCN3CCn4c(nnc4-c4ccccc4SC)C3)c3c2CCC3)c1OC. The van der Waals surface area contributed by atoms with Crippen LogP contribution in [0.5, 0.6) is 11.5 Å². The minimum Gasteiger partial charge on any atom is -0.492 e. The van der Waals surface area contributed by atoms with Gasteiger partial charge in [0, 0.05) is 35.8 Å². The second kappa shape index (κ2) is 15.1. The highest BCUT2D eigenvalue weighted by atomic mass is 32.2. The van der Waals surface area contributed by atoms with E-state index in [-0.39, 0.29) is 22.6 Å². The van der Waals surface area contributed by atoms with Crippen molar-refractivity contribution in [3.05, 3.63) is 71.0 Å². The molecule has 0 atom stereocenters. The Bertz CT molecular complexity index is 2020. The quantitative estimate of drug-likeness (QED) is 0.135. The molecule has 2 aliphatic rings. The topological polar surface area (TPSA) is 140 Å². The highest BCUT2D eigenvalue weighted by molar-refractivity contribution is 7.98. The summed E-state index contributed by atoms with van der Waals surface area (Å²) >= 11 is 1.72. The van der Waals surface area contributed by atoms with Gasteiger partial charge in [0.2, 0.25) is 10.0 Å². The first-order chi connectivity index (χ1) is 24.4. The zero-order valence-electron chi connectivity index (χ0n) is 30.1. The number of methoxy groups -OCH3 is 1. The number of thioether (sulfide) groups is 1. The summed E-state index contributed by atoms with van der Waals surface area (Å²) in [6.45, 7) is 11.3. The minimum atomic E-state index is -3.59. The Balaban J connectivity index is 1.11. The third-order valence-electron chi connectivity index (χ3n) is 9.39. The molecule has 51 heavy (non-hydrogen) atoms. The monoisotopic (exact) mass is 733 g/mol. The maximum absolute atomic E-state index is 13.4. The number of anilines is 3. The molecule has 14 heteroatoms. The van der Waals surface area contributed by atoms with Crippen molar-refractivity contribution in [2.75, 3.05) is 54.2 Å². The molecule has 1 aromatic heterocycles. The third-order valence-corrected chi connectivity index (χ3v) is 11.5. The van der Waals surface area contributed by atoms with E-state index >= 15 is 0 Å². The van der Waals surface area contributed by atoms with E-state index in [0.717, 1.165) is 84.2 Å². The van der Waals surface area contributed by atoms with Gasteiger partial charge in [0.15, 0.2) is 11.6 Å². The van der Waals surface area contributed by atoms with Crippen molar-refractivity contribution in [3.8, 4) is 22.9 Å². The summed E-state index contributed by atoms with van der Waals surface area (Å²) in [5, 5.41) is 15.0. The van der Waals surface area contributed by atoms with Crippen LogP contribution in [0.1, 0.15) is 56.6 Å². The van der Waals surface area contributed by atoms with Crippen molar-refractivity contribution in [3.63, 3.8) is 0 Å². The highest BCUT2D eigenvalue weighted by Gasteiger charge is 2.26. The number of urea groups is 1. The molecular formula is C37H47N7O5S2. The average molecular weight is 734 g/mol. The van der Waals surface area contributed by atoms with E-state index in [2.05, 4.69) is 53.4 Å². The molecule has 0 radical (unpaired) electrons. The van der Waals surface area contributed by atoms with Crippen LogP contribution in [0.3, 0.4) is 0 Å². The lowest BCUT2D eigenvalue weighted by atomic mass is 9.86. The zero-order chi connectivity index (χ0) is 36.3. The first kappa shape index (κ1) is 36.5. The summed E-state index contributed by atoms with van der Waals surface area (Å²) in [7, 11) is -2.14. The lowest BCUT2D eigenvalue weighted by Gasteiger charge is -2.28. The van der Waals surface area contributed by atoms with E-state index in [1.54, 1.807) is 24.8 Å². The van der Waals surface area contributed by atoms with Gasteiger partial charge in [-0.2, -0.15) is 0 Å². The fourth-order valence-electron chi connectivity index (χ4n) is 6.60. The Morgan fingerprint density at radius 3 is 2.47 bits per heavy atom. The van der Waals surface area contributed by atoms with Gasteiger partial charge in [0.05, 0.1) is 30.8 Å². The van der Waals surface area contributed by atoms with Crippen LogP contribution in [0.4, 0.5) is 21.9 Å². The number of sulfonamides is 1. The normalized spacial score (nSPS) is 14.5. The third kappa shape index (κ3) is 8.13. The fraction of sp³-hybridized carbons (Fsp3) is 0.432. The number of nitrogens with one attached hydrogen (secondary N) is 3. The summed E-state index contributed by atoms with van der Waals surface area (Å²) in [5.41, 5.74) is 5.18. The van der Waals surface area contributed by atoms with E-state index < -0.39 is 16.1 Å². The number of hydrogen-bond acceptors (Lipinski definition) is 9. The summed E-state index contributed by atoms with van der Waals surface area (Å²) in [4.78, 5) is 17.0. The first-order valence-corrected chi connectivity index (χ1v) is 20.1. The van der Waals surface area contributed by atoms with Gasteiger partial charge in [0.1, 0.15) is 18.2 Å². The van der Waals surface area contributed by atoms with Crippen molar-refractivity contribution < 1.29 is 22.7 Å². The number of fused-ring (bicyclic) bond motifs is 2. The van der Waals surface area contributed by atoms with E-state index in [0.29, 0.717) is 18.8 Å². The number of nitrogens with zero attached hydrogens (tertiary/aromatic N) is 4. The average Bonchev–Trinajstić information content (AvgIpc) is 3.77. The van der Waals surface area contributed by atoms with Crippen LogP contribution in [0.2, 0.25) is 0 Å². The zero-order valence-corrected chi connectivity index (χ0v) is 31.8. The Morgan fingerprint density at radius 1 is 0.980 bits per heavy atom. The van der Waals surface area contributed by atoms with Crippen LogP contribution in [0, 0.1) is 0 Å². The van der Waals surface area contributed by atoms with Crippen molar-refractivity contribution in [2.24, 2.45) is 0 Å².